The molecule has 0 saturated carbocycles. The van der Waals surface area contributed by atoms with Gasteiger partial charge < -0.3 is 5.11 Å². The van der Waals surface area contributed by atoms with Gasteiger partial charge in [-0.3, -0.25) is 10.1 Å². The maximum Gasteiger partial charge on any atom is 0.554 e. The van der Waals surface area contributed by atoms with Gasteiger partial charge >= 0.3 is 14.0 Å². The van der Waals surface area contributed by atoms with Crippen LogP contribution in [-0.4, -0.2) is 29.2 Å². The van der Waals surface area contributed by atoms with Crippen molar-refractivity contribution in [3.8, 4) is 0 Å². The predicted molar refractivity (Wildman–Crippen MR) is 31.8 cm³/mol. The zero-order valence-corrected chi connectivity index (χ0v) is 5.88. The molecular weight excluding hydrogens is 161 g/mol. The first-order valence-corrected chi connectivity index (χ1v) is 3.72. The van der Waals surface area contributed by atoms with Gasteiger partial charge in [-0.05, 0) is 4.57 Å². The smallest absolute Gasteiger partial charge is 0.480 e. The molecule has 1 unspecified atom stereocenters. The zero-order valence-electron chi connectivity index (χ0n) is 4.98. The van der Waals surface area contributed by atoms with Gasteiger partial charge in [0, 0.05) is 4.67 Å². The van der Waals surface area contributed by atoms with Crippen LogP contribution in [0.15, 0.2) is 0 Å². The van der Waals surface area contributed by atoms with Gasteiger partial charge in [0.1, 0.15) is 0 Å². The lowest BCUT2D eigenvalue weighted by molar-refractivity contribution is -0.136. The van der Waals surface area contributed by atoms with Crippen LogP contribution in [0.5, 0.6) is 0 Å². The van der Waals surface area contributed by atoms with Gasteiger partial charge in [-0.15, -0.1) is 0 Å². The minimum atomic E-state index is -2.18. The van der Waals surface area contributed by atoms with Crippen molar-refractivity contribution in [2.45, 2.75) is 0 Å². The molecule has 0 aromatic heterocycles. The van der Waals surface area contributed by atoms with Gasteiger partial charge in [0.2, 0.25) is 6.29 Å². The second-order valence-corrected chi connectivity index (χ2v) is 2.54. The summed E-state index contributed by atoms with van der Waals surface area (Å²) >= 11 is 0. The summed E-state index contributed by atoms with van der Waals surface area (Å²) in [5.74, 6) is -1.05. The van der Waals surface area contributed by atoms with E-state index in [9.17, 15) is 9.36 Å². The van der Waals surface area contributed by atoms with E-state index < -0.39 is 14.0 Å². The summed E-state index contributed by atoms with van der Waals surface area (Å²) in [6.45, 7) is -0.301. The van der Waals surface area contributed by atoms with Gasteiger partial charge in [-0.1, -0.05) is 0 Å². The minimum Gasteiger partial charge on any atom is -0.480 e. The van der Waals surface area contributed by atoms with Gasteiger partial charge in [0.05, 0.1) is 6.54 Å². The highest BCUT2D eigenvalue weighted by atomic mass is 31.1. The topological polar surface area (TPSA) is 95.9 Å². The molecule has 1 atom stereocenters. The SMILES string of the molecule is O=C(O)CNC[P+](=O)OO. The van der Waals surface area contributed by atoms with Crippen LogP contribution in [0.4, 0.5) is 0 Å². The molecule has 0 fully saturated rings. The first kappa shape index (κ1) is 9.45. The van der Waals surface area contributed by atoms with Crippen molar-refractivity contribution >= 4 is 14.0 Å². The van der Waals surface area contributed by atoms with Crippen molar-refractivity contribution in [2.24, 2.45) is 0 Å². The highest BCUT2D eigenvalue weighted by molar-refractivity contribution is 7.38. The Labute approximate surface area is 57.6 Å². The molecule has 0 radical (unpaired) electrons. The lowest BCUT2D eigenvalue weighted by Gasteiger charge is -1.88. The second kappa shape index (κ2) is 5.25. The van der Waals surface area contributed by atoms with E-state index in [1.54, 1.807) is 0 Å². The Morgan fingerprint density at radius 2 is 2.30 bits per heavy atom. The fourth-order valence-electron chi connectivity index (χ4n) is 0.283. The Morgan fingerprint density at radius 1 is 1.70 bits per heavy atom. The van der Waals surface area contributed by atoms with Gasteiger partial charge in [0.25, 0.3) is 0 Å². The van der Waals surface area contributed by atoms with Crippen molar-refractivity contribution in [3.05, 3.63) is 0 Å². The number of hydrogen-bond donors (Lipinski definition) is 3. The monoisotopic (exact) mass is 168 g/mol. The molecule has 58 valence electrons. The summed E-state index contributed by atoms with van der Waals surface area (Å²) in [4.78, 5) is 9.81. The summed E-state index contributed by atoms with van der Waals surface area (Å²) in [7, 11) is -2.18. The standard InChI is InChI=1S/C3H6NO5P/c5-3(6)1-4-2-10(8)9-7/h4H,1-2H2,(H-,5,6,7)/p+1. The van der Waals surface area contributed by atoms with Gasteiger partial charge in [0.15, 0.2) is 0 Å². The quantitative estimate of drug-likeness (QED) is 0.300. The van der Waals surface area contributed by atoms with E-state index in [0.717, 1.165) is 0 Å². The van der Waals surface area contributed by atoms with Crippen molar-refractivity contribution in [2.75, 3.05) is 12.8 Å². The molecule has 0 aliphatic heterocycles. The Bertz CT molecular complexity index is 137. The third-order valence-electron chi connectivity index (χ3n) is 0.608. The van der Waals surface area contributed by atoms with E-state index in [0.29, 0.717) is 0 Å². The Hall–Kier alpha value is -0.550. The van der Waals surface area contributed by atoms with E-state index in [1.807, 2.05) is 0 Å². The minimum absolute atomic E-state index is 0.169. The number of carbonyl (C=O) groups is 1. The highest BCUT2D eigenvalue weighted by Gasteiger charge is 2.15. The Balaban J connectivity index is 3.20. The first-order chi connectivity index (χ1) is 4.66. The maximum absolute atomic E-state index is 10.2. The van der Waals surface area contributed by atoms with Crippen molar-refractivity contribution < 1.29 is 24.4 Å². The molecule has 0 amide bonds. The third-order valence-corrected chi connectivity index (χ3v) is 1.27. The number of nitrogens with one attached hydrogen (secondary N) is 1. The van der Waals surface area contributed by atoms with Crippen LogP contribution in [0.3, 0.4) is 0 Å². The normalized spacial score (nSPS) is 11.1. The molecule has 0 aromatic rings. The molecule has 0 bridgehead atoms. The van der Waals surface area contributed by atoms with Crippen molar-refractivity contribution in [3.63, 3.8) is 0 Å². The second-order valence-electron chi connectivity index (χ2n) is 1.39. The lowest BCUT2D eigenvalue weighted by atomic mass is 10.7. The molecule has 0 rings (SSSR count). The van der Waals surface area contributed by atoms with Crippen LogP contribution in [-0.2, 0) is 14.0 Å². The molecule has 7 heteroatoms. The zero-order chi connectivity index (χ0) is 7.98. The Morgan fingerprint density at radius 3 is 2.70 bits per heavy atom. The average molecular weight is 168 g/mol. The van der Waals surface area contributed by atoms with Gasteiger partial charge in [-0.25, -0.2) is 5.26 Å². The fourth-order valence-corrected chi connectivity index (χ4v) is 0.635. The highest BCUT2D eigenvalue weighted by Crippen LogP contribution is 2.16. The third kappa shape index (κ3) is 5.58. The summed E-state index contributed by atoms with van der Waals surface area (Å²) < 4.78 is 13.6. The molecule has 3 N–H and O–H groups in total. The molecule has 0 spiro atoms. The molecule has 0 aromatic carbocycles. The maximum atomic E-state index is 10.2. The molecule has 0 aliphatic carbocycles. The van der Waals surface area contributed by atoms with Gasteiger partial charge in [-0.2, -0.15) is 0 Å². The van der Waals surface area contributed by atoms with E-state index in [2.05, 4.69) is 9.99 Å². The van der Waals surface area contributed by atoms with Crippen LogP contribution in [0.1, 0.15) is 0 Å². The molecule has 0 saturated heterocycles. The first-order valence-electron chi connectivity index (χ1n) is 2.35. The Kier molecular flexibility index (Phi) is 4.96. The summed E-state index contributed by atoms with van der Waals surface area (Å²) in [6.07, 6.45) is -0.169. The number of rotatable bonds is 5. The molecule has 6 nitrogen and oxygen atoms in total. The largest absolute Gasteiger partial charge is 0.554 e. The van der Waals surface area contributed by atoms with E-state index in [1.165, 1.54) is 0 Å². The van der Waals surface area contributed by atoms with Crippen LogP contribution < -0.4 is 5.32 Å². The summed E-state index contributed by atoms with van der Waals surface area (Å²) in [6, 6.07) is 0. The van der Waals surface area contributed by atoms with Crippen LogP contribution in [0.2, 0.25) is 0 Å². The lowest BCUT2D eigenvalue weighted by Crippen LogP contribution is -2.21. The van der Waals surface area contributed by atoms with Crippen LogP contribution in [0, 0.1) is 0 Å². The number of carboxylic acid groups (broad SMARTS) is 1. The molecule has 0 aliphatic rings. The number of aliphatic carboxylic acids is 1. The average Bonchev–Trinajstić information content (AvgIpc) is 1.87. The number of carboxylic acids is 1. The van der Waals surface area contributed by atoms with E-state index >= 15 is 0 Å². The van der Waals surface area contributed by atoms with E-state index in [4.69, 9.17) is 10.4 Å². The predicted octanol–water partition coefficient (Wildman–Crippen LogP) is -0.150. The summed E-state index contributed by atoms with van der Waals surface area (Å²) in [5, 5.41) is 18.0. The summed E-state index contributed by atoms with van der Waals surface area (Å²) in [5.41, 5.74) is 0. The van der Waals surface area contributed by atoms with Crippen molar-refractivity contribution in [1.29, 1.82) is 0 Å². The fraction of sp³-hybridized carbons (Fsp3) is 0.667. The van der Waals surface area contributed by atoms with Crippen LogP contribution >= 0.6 is 8.03 Å². The molecule has 0 heterocycles. The molecular formula is C3H7NO5P+. The number of hydrogen-bond acceptors (Lipinski definition) is 5. The van der Waals surface area contributed by atoms with Crippen molar-refractivity contribution in [1.82, 2.24) is 5.32 Å². The van der Waals surface area contributed by atoms with Crippen LogP contribution in [0.25, 0.3) is 0 Å². The van der Waals surface area contributed by atoms with E-state index in [-0.39, 0.29) is 12.8 Å². The molecule has 10 heavy (non-hydrogen) atoms.